The Kier molecular flexibility index (Phi) is 2.84. The molecule has 0 fully saturated rings. The van der Waals surface area contributed by atoms with E-state index in [1.807, 2.05) is 6.92 Å². The van der Waals surface area contributed by atoms with E-state index in [4.69, 9.17) is 0 Å². The molecule has 2 N–H and O–H groups in total. The number of aryl methyl sites for hydroxylation is 2. The zero-order chi connectivity index (χ0) is 12.4. The van der Waals surface area contributed by atoms with Gasteiger partial charge < -0.3 is 10.6 Å². The minimum Gasteiger partial charge on any atom is -0.385 e. The number of fused-ring (bicyclic) bond motifs is 1. The predicted octanol–water partition coefficient (Wildman–Crippen LogP) is 2.89. The number of hydrogen-bond donors (Lipinski definition) is 2. The summed E-state index contributed by atoms with van der Waals surface area (Å²) < 4.78 is 0. The van der Waals surface area contributed by atoms with Gasteiger partial charge in [-0.1, -0.05) is 0 Å². The summed E-state index contributed by atoms with van der Waals surface area (Å²) in [5, 5.41) is 6.73. The first-order valence-electron chi connectivity index (χ1n) is 6.24. The molecule has 0 unspecified atom stereocenters. The van der Waals surface area contributed by atoms with Gasteiger partial charge in [0.1, 0.15) is 0 Å². The Morgan fingerprint density at radius 1 is 1.22 bits per heavy atom. The molecule has 3 rings (SSSR count). The van der Waals surface area contributed by atoms with Gasteiger partial charge in [-0.2, -0.15) is 0 Å². The van der Waals surface area contributed by atoms with Crippen molar-refractivity contribution in [1.82, 2.24) is 9.97 Å². The summed E-state index contributed by atoms with van der Waals surface area (Å²) in [6.07, 6.45) is 5.74. The zero-order valence-corrected chi connectivity index (χ0v) is 10.4. The Labute approximate surface area is 106 Å². The molecule has 1 aliphatic heterocycles. The molecule has 4 nitrogen and oxygen atoms in total. The van der Waals surface area contributed by atoms with Crippen molar-refractivity contribution < 1.29 is 0 Å². The average molecular weight is 240 g/mol. The van der Waals surface area contributed by atoms with E-state index in [0.717, 1.165) is 30.2 Å². The van der Waals surface area contributed by atoms with Gasteiger partial charge >= 0.3 is 0 Å². The molecule has 0 saturated carbocycles. The molecule has 2 heterocycles. The second-order valence-electron chi connectivity index (χ2n) is 4.52. The van der Waals surface area contributed by atoms with Crippen molar-refractivity contribution in [2.45, 2.75) is 19.8 Å². The summed E-state index contributed by atoms with van der Waals surface area (Å²) >= 11 is 0. The van der Waals surface area contributed by atoms with Crippen LogP contribution in [-0.4, -0.2) is 16.5 Å². The first kappa shape index (κ1) is 11.0. The number of rotatable bonds is 2. The predicted molar refractivity (Wildman–Crippen MR) is 73.3 cm³/mol. The topological polar surface area (TPSA) is 49.8 Å². The lowest BCUT2D eigenvalue weighted by Gasteiger charge is -2.19. The average Bonchev–Trinajstić information content (AvgIpc) is 2.41. The zero-order valence-electron chi connectivity index (χ0n) is 10.4. The van der Waals surface area contributed by atoms with Crippen LogP contribution < -0.4 is 10.6 Å². The van der Waals surface area contributed by atoms with Crippen LogP contribution in [0, 0.1) is 6.92 Å². The van der Waals surface area contributed by atoms with Crippen molar-refractivity contribution in [3.8, 4) is 0 Å². The van der Waals surface area contributed by atoms with Crippen molar-refractivity contribution in [2.75, 3.05) is 17.2 Å². The Bertz CT molecular complexity index is 565. The van der Waals surface area contributed by atoms with Crippen molar-refractivity contribution in [1.29, 1.82) is 0 Å². The maximum Gasteiger partial charge on any atom is 0.151 e. The van der Waals surface area contributed by atoms with Crippen LogP contribution in [0.2, 0.25) is 0 Å². The molecular weight excluding hydrogens is 224 g/mol. The monoisotopic (exact) mass is 240 g/mol. The third kappa shape index (κ3) is 2.14. The quantitative estimate of drug-likeness (QED) is 0.847. The van der Waals surface area contributed by atoms with E-state index in [0.29, 0.717) is 0 Å². The van der Waals surface area contributed by atoms with Crippen LogP contribution >= 0.6 is 0 Å². The highest BCUT2D eigenvalue weighted by Crippen LogP contribution is 2.26. The normalized spacial score (nSPS) is 13.6. The molecule has 0 atom stereocenters. The van der Waals surface area contributed by atoms with Gasteiger partial charge in [0, 0.05) is 30.3 Å². The number of nitrogens with one attached hydrogen (secondary N) is 2. The van der Waals surface area contributed by atoms with Crippen molar-refractivity contribution >= 4 is 17.2 Å². The maximum atomic E-state index is 4.30. The van der Waals surface area contributed by atoms with Crippen LogP contribution in [0.15, 0.2) is 30.6 Å². The Morgan fingerprint density at radius 3 is 3.00 bits per heavy atom. The SMILES string of the molecule is Cc1nccnc1Nc1ccc2c(c1)CCCN2. The second kappa shape index (κ2) is 4.64. The molecule has 0 spiro atoms. The molecule has 0 saturated heterocycles. The highest BCUT2D eigenvalue weighted by atomic mass is 15.0. The molecule has 4 heteroatoms. The number of hydrogen-bond acceptors (Lipinski definition) is 4. The highest BCUT2D eigenvalue weighted by Gasteiger charge is 2.09. The number of benzene rings is 1. The second-order valence-corrected chi connectivity index (χ2v) is 4.52. The molecule has 2 aromatic rings. The largest absolute Gasteiger partial charge is 0.385 e. The van der Waals surface area contributed by atoms with Gasteiger partial charge in [-0.15, -0.1) is 0 Å². The van der Waals surface area contributed by atoms with Crippen LogP contribution in [0.4, 0.5) is 17.2 Å². The van der Waals surface area contributed by atoms with Gasteiger partial charge in [-0.05, 0) is 43.5 Å². The van der Waals surface area contributed by atoms with Crippen molar-refractivity contribution in [2.24, 2.45) is 0 Å². The van der Waals surface area contributed by atoms with E-state index in [2.05, 4.69) is 38.8 Å². The Balaban J connectivity index is 1.87. The van der Waals surface area contributed by atoms with E-state index < -0.39 is 0 Å². The number of aromatic nitrogens is 2. The van der Waals surface area contributed by atoms with E-state index in [1.54, 1.807) is 12.4 Å². The van der Waals surface area contributed by atoms with Gasteiger partial charge in [0.15, 0.2) is 5.82 Å². The third-order valence-corrected chi connectivity index (χ3v) is 3.19. The van der Waals surface area contributed by atoms with Gasteiger partial charge in [0.25, 0.3) is 0 Å². The van der Waals surface area contributed by atoms with Gasteiger partial charge in [-0.3, -0.25) is 4.98 Å². The lowest BCUT2D eigenvalue weighted by Crippen LogP contribution is -2.11. The fourth-order valence-electron chi connectivity index (χ4n) is 2.22. The molecular formula is C14H16N4. The fourth-order valence-corrected chi connectivity index (χ4v) is 2.22. The molecule has 1 aromatic carbocycles. The summed E-state index contributed by atoms with van der Waals surface area (Å²) in [7, 11) is 0. The standard InChI is InChI=1S/C14H16N4/c1-10-14(17-8-7-15-10)18-12-4-5-13-11(9-12)3-2-6-16-13/h4-5,7-9,16H,2-3,6H2,1H3,(H,17,18). The summed E-state index contributed by atoms with van der Waals surface area (Å²) in [6, 6.07) is 6.39. The molecule has 18 heavy (non-hydrogen) atoms. The van der Waals surface area contributed by atoms with Gasteiger partial charge in [0.05, 0.1) is 5.69 Å². The minimum atomic E-state index is 0.821. The molecule has 0 bridgehead atoms. The molecule has 0 aliphatic carbocycles. The van der Waals surface area contributed by atoms with Crippen molar-refractivity contribution in [3.05, 3.63) is 41.9 Å². The van der Waals surface area contributed by atoms with Crippen LogP contribution in [0.1, 0.15) is 17.7 Å². The van der Waals surface area contributed by atoms with Crippen LogP contribution in [0.3, 0.4) is 0 Å². The minimum absolute atomic E-state index is 0.821. The number of anilines is 3. The molecule has 0 amide bonds. The van der Waals surface area contributed by atoms with E-state index in [9.17, 15) is 0 Å². The summed E-state index contributed by atoms with van der Waals surface area (Å²) in [4.78, 5) is 8.52. The summed E-state index contributed by atoms with van der Waals surface area (Å²) in [5.74, 6) is 0.821. The van der Waals surface area contributed by atoms with E-state index in [-0.39, 0.29) is 0 Å². The highest BCUT2D eigenvalue weighted by molar-refractivity contribution is 5.65. The Hall–Kier alpha value is -2.10. The molecule has 92 valence electrons. The first-order chi connectivity index (χ1) is 8.83. The third-order valence-electron chi connectivity index (χ3n) is 3.19. The lowest BCUT2D eigenvalue weighted by molar-refractivity contribution is 0.830. The van der Waals surface area contributed by atoms with Gasteiger partial charge in [0.2, 0.25) is 0 Å². The Morgan fingerprint density at radius 2 is 2.11 bits per heavy atom. The van der Waals surface area contributed by atoms with Crippen LogP contribution in [-0.2, 0) is 6.42 Å². The molecule has 1 aliphatic rings. The molecule has 0 radical (unpaired) electrons. The van der Waals surface area contributed by atoms with Gasteiger partial charge in [-0.25, -0.2) is 4.98 Å². The van der Waals surface area contributed by atoms with E-state index >= 15 is 0 Å². The number of nitrogens with zero attached hydrogens (tertiary/aromatic N) is 2. The smallest absolute Gasteiger partial charge is 0.151 e. The van der Waals surface area contributed by atoms with Crippen LogP contribution in [0.5, 0.6) is 0 Å². The summed E-state index contributed by atoms with van der Waals surface area (Å²) in [6.45, 7) is 3.03. The van der Waals surface area contributed by atoms with Crippen molar-refractivity contribution in [3.63, 3.8) is 0 Å². The maximum absolute atomic E-state index is 4.30. The molecule has 1 aromatic heterocycles. The fraction of sp³-hybridized carbons (Fsp3) is 0.286. The lowest BCUT2D eigenvalue weighted by atomic mass is 10.0. The summed E-state index contributed by atoms with van der Waals surface area (Å²) in [5.41, 5.74) is 4.60. The van der Waals surface area contributed by atoms with Crippen LogP contribution in [0.25, 0.3) is 0 Å². The van der Waals surface area contributed by atoms with E-state index in [1.165, 1.54) is 17.7 Å². The first-order valence-corrected chi connectivity index (χ1v) is 6.24.